The Balaban J connectivity index is 0.000000178. The van der Waals surface area contributed by atoms with Crippen molar-refractivity contribution in [1.29, 1.82) is 0 Å². The monoisotopic (exact) mass is 989 g/mol. The van der Waals surface area contributed by atoms with Gasteiger partial charge in [0.1, 0.15) is 23.7 Å². The first-order chi connectivity index (χ1) is 35.4. The molecule has 6 aliphatic rings. The number of likely N-dealkylation sites (tertiary alicyclic amines) is 2. The molecule has 0 aliphatic carbocycles. The Morgan fingerprint density at radius 3 is 1.51 bits per heavy atom. The molecule has 2 unspecified atom stereocenters. The fourth-order valence-corrected chi connectivity index (χ4v) is 11.3. The Morgan fingerprint density at radius 2 is 1.08 bits per heavy atom. The summed E-state index contributed by atoms with van der Waals surface area (Å²) in [5, 5.41) is 27.1. The molecule has 0 aromatic carbocycles. The van der Waals surface area contributed by atoms with E-state index in [1.165, 1.54) is 24.0 Å². The van der Waals surface area contributed by atoms with Crippen LogP contribution < -0.4 is 10.6 Å². The fraction of sp³-hybridized carbons (Fsp3) is 0.607. The quantitative estimate of drug-likeness (QED) is 0.0614. The lowest BCUT2D eigenvalue weighted by atomic mass is 9.97. The van der Waals surface area contributed by atoms with Crippen LogP contribution in [0.25, 0.3) is 0 Å². The molecule has 16 nitrogen and oxygen atoms in total. The van der Waals surface area contributed by atoms with Crippen molar-refractivity contribution in [3.05, 3.63) is 106 Å². The number of carboxylic acid groups (broad SMARTS) is 2. The minimum absolute atomic E-state index is 0.0592. The molecule has 6 atom stereocenters. The lowest BCUT2D eigenvalue weighted by molar-refractivity contribution is -0.144. The van der Waals surface area contributed by atoms with Gasteiger partial charge in [0.25, 0.3) is 0 Å². The maximum Gasteiger partial charge on any atom is 0.325 e. The Morgan fingerprint density at radius 1 is 0.611 bits per heavy atom. The lowest BCUT2D eigenvalue weighted by Crippen LogP contribution is -2.35. The topological polar surface area (TPSA) is 194 Å². The molecule has 6 aliphatic heterocycles. The maximum absolute atomic E-state index is 12.4. The first kappa shape index (κ1) is 51.8. The van der Waals surface area contributed by atoms with Crippen LogP contribution in [0.4, 0.5) is 11.6 Å². The molecule has 10 heterocycles. The second-order valence-corrected chi connectivity index (χ2v) is 20.3. The van der Waals surface area contributed by atoms with Gasteiger partial charge >= 0.3 is 11.9 Å². The van der Waals surface area contributed by atoms with Crippen molar-refractivity contribution in [3.63, 3.8) is 0 Å². The van der Waals surface area contributed by atoms with Gasteiger partial charge < -0.3 is 39.8 Å². The van der Waals surface area contributed by atoms with Gasteiger partial charge in [-0.1, -0.05) is 24.3 Å². The summed E-state index contributed by atoms with van der Waals surface area (Å²) in [5.41, 5.74) is 7.98. The molecule has 4 aromatic heterocycles. The molecule has 16 heteroatoms. The van der Waals surface area contributed by atoms with Gasteiger partial charge in [-0.2, -0.15) is 0 Å². The van der Waals surface area contributed by atoms with Gasteiger partial charge in [0.15, 0.2) is 0 Å². The highest BCUT2D eigenvalue weighted by Crippen LogP contribution is 2.37. The number of aryl methyl sites for hydroxylation is 4. The van der Waals surface area contributed by atoms with Gasteiger partial charge in [-0.05, 0) is 151 Å². The number of fused-ring (bicyclic) bond motifs is 2. The van der Waals surface area contributed by atoms with Gasteiger partial charge in [0, 0.05) is 101 Å². The first-order valence-electron chi connectivity index (χ1n) is 27.1. The summed E-state index contributed by atoms with van der Waals surface area (Å²) in [6.07, 6.45) is 21.5. The molecule has 10 rings (SSSR count). The fourth-order valence-electron chi connectivity index (χ4n) is 11.3. The summed E-state index contributed by atoms with van der Waals surface area (Å²) >= 11 is 0. The molecular weight excluding hydrogens is 913 g/mol. The van der Waals surface area contributed by atoms with Crippen molar-refractivity contribution in [1.82, 2.24) is 29.7 Å². The third-order valence-corrected chi connectivity index (χ3v) is 15.1. The van der Waals surface area contributed by atoms with Crippen LogP contribution in [-0.2, 0) is 54.2 Å². The number of carbonyl (C=O) groups is 2. The second kappa shape index (κ2) is 26.2. The summed E-state index contributed by atoms with van der Waals surface area (Å²) in [7, 11) is 0. The van der Waals surface area contributed by atoms with E-state index in [-0.39, 0.29) is 24.4 Å². The number of ether oxygens (including phenoxy) is 4. The second-order valence-electron chi connectivity index (χ2n) is 20.3. The Hall–Kier alpha value is -5.10. The highest BCUT2D eigenvalue weighted by molar-refractivity contribution is 5.76. The molecule has 0 radical (unpaired) electrons. The number of aliphatic carboxylic acids is 2. The minimum Gasteiger partial charge on any atom is -0.480 e. The number of anilines is 2. The molecule has 4 aromatic rings. The number of hydrogen-bond acceptors (Lipinski definition) is 14. The number of pyridine rings is 4. The summed E-state index contributed by atoms with van der Waals surface area (Å²) < 4.78 is 24.2. The van der Waals surface area contributed by atoms with E-state index < -0.39 is 24.0 Å². The number of nitrogens with zero attached hydrogens (tertiary/aromatic N) is 6. The molecule has 72 heavy (non-hydrogen) atoms. The number of aromatic nitrogens is 4. The Kier molecular flexibility index (Phi) is 18.9. The predicted molar refractivity (Wildman–Crippen MR) is 274 cm³/mol. The summed E-state index contributed by atoms with van der Waals surface area (Å²) in [6.45, 7) is 7.45. The normalized spacial score (nSPS) is 23.1. The average Bonchev–Trinajstić information content (AvgIpc) is 4.09. The van der Waals surface area contributed by atoms with E-state index in [0.717, 1.165) is 161 Å². The molecule has 0 bridgehead atoms. The van der Waals surface area contributed by atoms with Gasteiger partial charge in [-0.3, -0.25) is 29.4 Å². The zero-order chi connectivity index (χ0) is 49.5. The van der Waals surface area contributed by atoms with Crippen molar-refractivity contribution in [2.45, 2.75) is 152 Å². The number of nitrogens with one attached hydrogen (secondary N) is 2. The van der Waals surface area contributed by atoms with Gasteiger partial charge in [0.05, 0.1) is 35.8 Å². The van der Waals surface area contributed by atoms with E-state index in [1.54, 1.807) is 12.4 Å². The van der Waals surface area contributed by atoms with Crippen molar-refractivity contribution in [2.24, 2.45) is 0 Å². The zero-order valence-corrected chi connectivity index (χ0v) is 42.1. The van der Waals surface area contributed by atoms with Crippen molar-refractivity contribution < 1.29 is 38.7 Å². The van der Waals surface area contributed by atoms with Crippen molar-refractivity contribution in [3.8, 4) is 0 Å². The number of hydrogen-bond donors (Lipinski definition) is 4. The van der Waals surface area contributed by atoms with Crippen LogP contribution in [0, 0.1) is 0 Å². The molecule has 4 saturated heterocycles. The first-order valence-corrected chi connectivity index (χ1v) is 27.1. The van der Waals surface area contributed by atoms with Crippen LogP contribution >= 0.6 is 0 Å². The molecule has 0 amide bonds. The maximum atomic E-state index is 12.4. The highest BCUT2D eigenvalue weighted by Gasteiger charge is 2.39. The van der Waals surface area contributed by atoms with Crippen LogP contribution in [0.2, 0.25) is 0 Å². The van der Waals surface area contributed by atoms with E-state index in [9.17, 15) is 19.8 Å². The SMILES string of the molecule is O=C(O)[C@@H](c1cccnc1C1CCCCO1)N1CC[C@@H](OCCCCc2ccc3c(n2)NCCC3)C1.O=C(O)[C@H](c1cccnc1C1CCCCO1)N1CC[C@@H](OCCCCc2ccc3c(n2)NCCC3)C1. The van der Waals surface area contributed by atoms with Gasteiger partial charge in [-0.25, -0.2) is 9.97 Å². The summed E-state index contributed by atoms with van der Waals surface area (Å²) in [6, 6.07) is 14.7. The third-order valence-electron chi connectivity index (χ3n) is 15.1. The number of carboxylic acids is 2. The minimum atomic E-state index is -0.840. The number of unbranched alkanes of at least 4 members (excludes halogenated alkanes) is 2. The average molecular weight is 989 g/mol. The van der Waals surface area contributed by atoms with Crippen LogP contribution in [0.3, 0.4) is 0 Å². The number of rotatable bonds is 20. The molecule has 0 saturated carbocycles. The third kappa shape index (κ3) is 13.7. The summed E-state index contributed by atoms with van der Waals surface area (Å²) in [4.78, 5) is 47.5. The van der Waals surface area contributed by atoms with Crippen molar-refractivity contribution in [2.75, 3.05) is 76.3 Å². The zero-order valence-electron chi connectivity index (χ0n) is 42.1. The van der Waals surface area contributed by atoms with Crippen LogP contribution in [0.15, 0.2) is 60.9 Å². The molecule has 4 N–H and O–H groups in total. The van der Waals surface area contributed by atoms with Crippen LogP contribution in [-0.4, -0.2) is 130 Å². The highest BCUT2D eigenvalue weighted by atomic mass is 16.5. The summed E-state index contributed by atoms with van der Waals surface area (Å²) in [5.74, 6) is 0.433. The van der Waals surface area contributed by atoms with E-state index in [1.807, 2.05) is 34.1 Å². The lowest BCUT2D eigenvalue weighted by Gasteiger charge is -2.29. The Bertz CT molecular complexity index is 2220. The van der Waals surface area contributed by atoms with Gasteiger partial charge in [0.2, 0.25) is 0 Å². The molecule has 4 fully saturated rings. The van der Waals surface area contributed by atoms with E-state index in [0.29, 0.717) is 52.6 Å². The van der Waals surface area contributed by atoms with Gasteiger partial charge in [-0.15, -0.1) is 0 Å². The van der Waals surface area contributed by atoms with Crippen LogP contribution in [0.5, 0.6) is 0 Å². The van der Waals surface area contributed by atoms with E-state index in [2.05, 4.69) is 44.9 Å². The molecular formula is C56H76N8O8. The Labute approximate surface area is 425 Å². The molecule has 0 spiro atoms. The largest absolute Gasteiger partial charge is 0.480 e. The smallest absolute Gasteiger partial charge is 0.325 e. The van der Waals surface area contributed by atoms with E-state index >= 15 is 0 Å². The van der Waals surface area contributed by atoms with E-state index in [4.69, 9.17) is 28.9 Å². The molecule has 388 valence electrons. The predicted octanol–water partition coefficient (Wildman–Crippen LogP) is 8.63. The van der Waals surface area contributed by atoms with Crippen LogP contribution in [0.1, 0.15) is 159 Å². The van der Waals surface area contributed by atoms with Crippen molar-refractivity contribution >= 4 is 23.6 Å². The standard InChI is InChI=1S/2C28H38N4O4/c2*33-28(34)26(23-9-6-14-29-25(23)24-10-2-4-18-36-24)32-16-13-22(19-32)35-17-3-1-8-21-12-11-20-7-5-15-30-27(20)31-21/h2*6,9,11-12,14,22,24,26H,1-5,7-8,10,13,15-19H2,(H,30,31)(H,33,34)/t22-,24?,26+;22-,24?,26-/m11/s1.